The van der Waals surface area contributed by atoms with Gasteiger partial charge in [-0.15, -0.1) is 11.8 Å². The maximum Gasteiger partial charge on any atom is 0.327 e. The number of nitrogens with zero attached hydrogens (tertiary/aromatic N) is 1. The lowest BCUT2D eigenvalue weighted by Crippen LogP contribution is -2.49. The maximum atomic E-state index is 12.0. The van der Waals surface area contributed by atoms with E-state index in [0.29, 0.717) is 5.75 Å². The van der Waals surface area contributed by atoms with Gasteiger partial charge in [0, 0.05) is 11.8 Å². The van der Waals surface area contributed by atoms with Crippen molar-refractivity contribution in [1.29, 1.82) is 0 Å². The minimum Gasteiger partial charge on any atom is -0.480 e. The van der Waals surface area contributed by atoms with E-state index in [1.807, 2.05) is 20.8 Å². The van der Waals surface area contributed by atoms with E-state index in [0.717, 1.165) is 6.42 Å². The van der Waals surface area contributed by atoms with Crippen molar-refractivity contribution in [2.75, 3.05) is 12.3 Å². The zero-order chi connectivity index (χ0) is 13.0. The smallest absolute Gasteiger partial charge is 0.327 e. The van der Waals surface area contributed by atoms with Gasteiger partial charge < -0.3 is 15.3 Å². The van der Waals surface area contributed by atoms with Gasteiger partial charge in [-0.1, -0.05) is 20.8 Å². The van der Waals surface area contributed by atoms with Gasteiger partial charge in [0.15, 0.2) is 0 Å². The molecular weight excluding hydrogens is 240 g/mol. The SMILES string of the molecule is CCC1SCC(C(=O)O)N1C(=O)CNC(C)C. The van der Waals surface area contributed by atoms with Gasteiger partial charge in [0.2, 0.25) is 5.91 Å². The average Bonchev–Trinajstić information content (AvgIpc) is 2.69. The summed E-state index contributed by atoms with van der Waals surface area (Å²) < 4.78 is 0. The Balaban J connectivity index is 2.67. The van der Waals surface area contributed by atoms with Crippen molar-refractivity contribution < 1.29 is 14.7 Å². The van der Waals surface area contributed by atoms with Crippen LogP contribution in [0.5, 0.6) is 0 Å². The molecule has 0 bridgehead atoms. The maximum absolute atomic E-state index is 12.0. The summed E-state index contributed by atoms with van der Waals surface area (Å²) in [6, 6.07) is -0.455. The number of carbonyl (C=O) groups excluding carboxylic acids is 1. The molecule has 0 radical (unpaired) electrons. The zero-order valence-corrected chi connectivity index (χ0v) is 11.3. The highest BCUT2D eigenvalue weighted by Gasteiger charge is 2.40. The highest BCUT2D eigenvalue weighted by atomic mass is 32.2. The minimum absolute atomic E-state index is 0.00226. The van der Waals surface area contributed by atoms with Crippen LogP contribution in [0.2, 0.25) is 0 Å². The molecule has 1 aliphatic rings. The summed E-state index contributed by atoms with van der Waals surface area (Å²) in [5.74, 6) is -0.546. The number of rotatable bonds is 5. The summed E-state index contributed by atoms with van der Waals surface area (Å²) >= 11 is 1.55. The van der Waals surface area contributed by atoms with Crippen molar-refractivity contribution in [3.63, 3.8) is 0 Å². The first-order valence-electron chi connectivity index (χ1n) is 5.86. The first-order chi connectivity index (χ1) is 7.97. The van der Waals surface area contributed by atoms with E-state index in [1.54, 1.807) is 11.8 Å². The molecule has 1 saturated heterocycles. The Kier molecular flexibility index (Phi) is 5.27. The van der Waals surface area contributed by atoms with Crippen LogP contribution in [0.25, 0.3) is 0 Å². The van der Waals surface area contributed by atoms with Crippen LogP contribution in [0, 0.1) is 0 Å². The number of aliphatic carboxylic acids is 1. The van der Waals surface area contributed by atoms with Crippen LogP contribution >= 0.6 is 11.8 Å². The largest absolute Gasteiger partial charge is 0.480 e. The summed E-state index contributed by atoms with van der Waals surface area (Å²) in [5, 5.41) is 12.1. The Bertz CT molecular complexity index is 296. The molecule has 2 N–H and O–H groups in total. The second-order valence-electron chi connectivity index (χ2n) is 4.39. The highest BCUT2D eigenvalue weighted by molar-refractivity contribution is 8.00. The molecule has 0 aromatic heterocycles. The van der Waals surface area contributed by atoms with Gasteiger partial charge in [0.05, 0.1) is 11.9 Å². The number of carbonyl (C=O) groups is 2. The number of carboxylic acids is 1. The fourth-order valence-electron chi connectivity index (χ4n) is 1.79. The van der Waals surface area contributed by atoms with Crippen LogP contribution in [-0.4, -0.2) is 51.6 Å². The average molecular weight is 260 g/mol. The molecule has 1 amide bonds. The predicted molar refractivity (Wildman–Crippen MR) is 67.9 cm³/mol. The standard InChI is InChI=1S/C11H20N2O3S/c1-4-10-13(8(6-17-10)11(15)16)9(14)5-12-7(2)3/h7-8,10,12H,4-6H2,1-3H3,(H,15,16). The van der Waals surface area contributed by atoms with Gasteiger partial charge in [-0.2, -0.15) is 0 Å². The Morgan fingerprint density at radius 2 is 2.18 bits per heavy atom. The molecule has 0 saturated carbocycles. The molecule has 2 atom stereocenters. The number of carboxylic acid groups (broad SMARTS) is 1. The van der Waals surface area contributed by atoms with Crippen LogP contribution in [0.4, 0.5) is 0 Å². The molecule has 0 aromatic rings. The Labute approximate surface area is 106 Å². The molecule has 1 rings (SSSR count). The van der Waals surface area contributed by atoms with E-state index in [-0.39, 0.29) is 23.9 Å². The van der Waals surface area contributed by atoms with E-state index in [2.05, 4.69) is 5.32 Å². The van der Waals surface area contributed by atoms with Crippen LogP contribution < -0.4 is 5.32 Å². The number of thioether (sulfide) groups is 1. The fourth-order valence-corrected chi connectivity index (χ4v) is 3.15. The van der Waals surface area contributed by atoms with Crippen molar-refractivity contribution in [3.8, 4) is 0 Å². The monoisotopic (exact) mass is 260 g/mol. The molecular formula is C11H20N2O3S. The van der Waals surface area contributed by atoms with Gasteiger partial charge in [0.25, 0.3) is 0 Å². The molecule has 1 aliphatic heterocycles. The molecule has 0 aliphatic carbocycles. The third-order valence-electron chi connectivity index (χ3n) is 2.68. The third-order valence-corrected chi connectivity index (χ3v) is 4.13. The van der Waals surface area contributed by atoms with Crippen LogP contribution in [0.15, 0.2) is 0 Å². The topological polar surface area (TPSA) is 69.6 Å². The van der Waals surface area contributed by atoms with Crippen molar-refractivity contribution >= 4 is 23.6 Å². The minimum atomic E-state index is -0.911. The molecule has 5 nitrogen and oxygen atoms in total. The number of hydrogen-bond donors (Lipinski definition) is 2. The Hall–Kier alpha value is -0.750. The molecule has 2 unspecified atom stereocenters. The van der Waals surface area contributed by atoms with E-state index >= 15 is 0 Å². The quantitative estimate of drug-likeness (QED) is 0.763. The molecule has 98 valence electrons. The first-order valence-corrected chi connectivity index (χ1v) is 6.91. The first kappa shape index (κ1) is 14.3. The van der Waals surface area contributed by atoms with Gasteiger partial charge in [0.1, 0.15) is 6.04 Å². The molecule has 1 heterocycles. The summed E-state index contributed by atoms with van der Waals surface area (Å²) in [6.45, 7) is 6.09. The number of nitrogens with one attached hydrogen (secondary N) is 1. The molecule has 1 fully saturated rings. The number of amides is 1. The summed E-state index contributed by atoms with van der Waals surface area (Å²) in [6.07, 6.45) is 0.780. The fraction of sp³-hybridized carbons (Fsp3) is 0.818. The second kappa shape index (κ2) is 6.26. The van der Waals surface area contributed by atoms with Crippen molar-refractivity contribution in [2.24, 2.45) is 0 Å². The third kappa shape index (κ3) is 3.61. The van der Waals surface area contributed by atoms with Crippen molar-refractivity contribution in [2.45, 2.75) is 44.6 Å². The lowest BCUT2D eigenvalue weighted by atomic mass is 10.2. The lowest BCUT2D eigenvalue weighted by Gasteiger charge is -2.27. The van der Waals surface area contributed by atoms with E-state index in [1.165, 1.54) is 4.90 Å². The van der Waals surface area contributed by atoms with E-state index in [4.69, 9.17) is 5.11 Å². The summed E-state index contributed by atoms with van der Waals surface area (Å²) in [4.78, 5) is 24.6. The number of hydrogen-bond acceptors (Lipinski definition) is 4. The van der Waals surface area contributed by atoms with Crippen molar-refractivity contribution in [1.82, 2.24) is 10.2 Å². The van der Waals surface area contributed by atoms with Gasteiger partial charge in [-0.3, -0.25) is 4.79 Å². The van der Waals surface area contributed by atoms with Crippen LogP contribution in [0.3, 0.4) is 0 Å². The van der Waals surface area contributed by atoms with E-state index in [9.17, 15) is 9.59 Å². The van der Waals surface area contributed by atoms with Gasteiger partial charge >= 0.3 is 5.97 Å². The molecule has 0 spiro atoms. The molecule has 17 heavy (non-hydrogen) atoms. The zero-order valence-electron chi connectivity index (χ0n) is 10.5. The highest BCUT2D eigenvalue weighted by Crippen LogP contribution is 2.31. The normalized spacial score (nSPS) is 24.4. The Morgan fingerprint density at radius 3 is 2.65 bits per heavy atom. The van der Waals surface area contributed by atoms with Crippen molar-refractivity contribution in [3.05, 3.63) is 0 Å². The predicted octanol–water partition coefficient (Wildman–Crippen LogP) is 0.749. The lowest BCUT2D eigenvalue weighted by molar-refractivity contribution is -0.148. The van der Waals surface area contributed by atoms with Crippen LogP contribution in [-0.2, 0) is 9.59 Å². The van der Waals surface area contributed by atoms with E-state index < -0.39 is 12.0 Å². The summed E-state index contributed by atoms with van der Waals surface area (Å²) in [7, 11) is 0. The molecule has 0 aromatic carbocycles. The second-order valence-corrected chi connectivity index (χ2v) is 5.60. The van der Waals surface area contributed by atoms with Gasteiger partial charge in [-0.05, 0) is 6.42 Å². The molecule has 6 heteroatoms. The summed E-state index contributed by atoms with van der Waals surface area (Å²) in [5.41, 5.74) is 0. The van der Waals surface area contributed by atoms with Gasteiger partial charge in [-0.25, -0.2) is 4.79 Å². The Morgan fingerprint density at radius 1 is 1.53 bits per heavy atom. The van der Waals surface area contributed by atoms with Crippen LogP contribution in [0.1, 0.15) is 27.2 Å².